The van der Waals surface area contributed by atoms with Crippen molar-refractivity contribution in [3.63, 3.8) is 0 Å². The highest BCUT2D eigenvalue weighted by Gasteiger charge is 2.26. The molecule has 3 aromatic rings. The number of fused-ring (bicyclic) bond motifs is 1. The summed E-state index contributed by atoms with van der Waals surface area (Å²) in [6.45, 7) is 2.68. The second kappa shape index (κ2) is 8.95. The van der Waals surface area contributed by atoms with E-state index in [2.05, 4.69) is 17.5 Å². The van der Waals surface area contributed by atoms with Crippen LogP contribution in [0, 0.1) is 0 Å². The van der Waals surface area contributed by atoms with Crippen molar-refractivity contribution in [3.05, 3.63) is 65.4 Å². The summed E-state index contributed by atoms with van der Waals surface area (Å²) in [6.07, 6.45) is 4.77. The molecule has 0 radical (unpaired) electrons. The van der Waals surface area contributed by atoms with E-state index in [0.717, 1.165) is 41.4 Å². The maximum Gasteiger partial charge on any atom is 0.272 e. The van der Waals surface area contributed by atoms with Crippen LogP contribution in [0.4, 0.5) is 0 Å². The van der Waals surface area contributed by atoms with Gasteiger partial charge in [-0.05, 0) is 55.2 Å². The van der Waals surface area contributed by atoms with Gasteiger partial charge in [-0.2, -0.15) is 5.10 Å². The second-order valence-corrected chi connectivity index (χ2v) is 7.34. The third-order valence-corrected chi connectivity index (χ3v) is 5.01. The van der Waals surface area contributed by atoms with Crippen LogP contribution in [-0.2, 0) is 0 Å². The molecule has 1 amide bonds. The fraction of sp³-hybridized carbons (Fsp3) is 0.292. The summed E-state index contributed by atoms with van der Waals surface area (Å²) in [5, 5.41) is 4.97. The molecule has 154 valence electrons. The monoisotopic (exact) mass is 403 g/mol. The molecular formula is C24H25N3O3. The smallest absolute Gasteiger partial charge is 0.272 e. The van der Waals surface area contributed by atoms with Gasteiger partial charge in [0.05, 0.1) is 31.0 Å². The number of methoxy groups -OCH3 is 1. The van der Waals surface area contributed by atoms with Crippen LogP contribution in [0.15, 0.2) is 53.6 Å². The van der Waals surface area contributed by atoms with Crippen molar-refractivity contribution >= 4 is 23.0 Å². The quantitative estimate of drug-likeness (QED) is 0.438. The van der Waals surface area contributed by atoms with Crippen molar-refractivity contribution in [1.82, 2.24) is 10.4 Å². The number of nitrogens with zero attached hydrogens (tertiary/aromatic N) is 2. The van der Waals surface area contributed by atoms with Gasteiger partial charge in [0.25, 0.3) is 5.91 Å². The summed E-state index contributed by atoms with van der Waals surface area (Å²) < 4.78 is 11.1. The SMILES string of the molecule is CCCOc1ccc(C=NNC(=O)c2cc(C3CC3)nc3ccccc23)cc1OC. The van der Waals surface area contributed by atoms with E-state index < -0.39 is 0 Å². The standard InChI is InChI=1S/C24H25N3O3/c1-3-12-30-22-11-8-16(13-23(22)29-2)15-25-27-24(28)19-14-21(17-9-10-17)26-20-7-5-4-6-18(19)20/h4-8,11,13-15,17H,3,9-10,12H2,1-2H3,(H,27,28). The number of ether oxygens (including phenoxy) is 2. The number of carbonyl (C=O) groups excluding carboxylic acids is 1. The van der Waals surface area contributed by atoms with Crippen LogP contribution in [0.3, 0.4) is 0 Å². The van der Waals surface area contributed by atoms with Gasteiger partial charge in [0.2, 0.25) is 0 Å². The van der Waals surface area contributed by atoms with Gasteiger partial charge in [-0.15, -0.1) is 0 Å². The molecule has 2 aromatic carbocycles. The van der Waals surface area contributed by atoms with E-state index in [4.69, 9.17) is 14.5 Å². The molecule has 0 unspecified atom stereocenters. The number of hydrazone groups is 1. The molecule has 6 heteroatoms. The molecule has 4 rings (SSSR count). The van der Waals surface area contributed by atoms with E-state index in [9.17, 15) is 4.79 Å². The van der Waals surface area contributed by atoms with E-state index >= 15 is 0 Å². The number of benzene rings is 2. The van der Waals surface area contributed by atoms with Gasteiger partial charge >= 0.3 is 0 Å². The first-order valence-corrected chi connectivity index (χ1v) is 10.2. The highest BCUT2D eigenvalue weighted by atomic mass is 16.5. The number of hydrogen-bond acceptors (Lipinski definition) is 5. The van der Waals surface area contributed by atoms with Gasteiger partial charge in [-0.25, -0.2) is 5.43 Å². The topological polar surface area (TPSA) is 72.8 Å². The minimum Gasteiger partial charge on any atom is -0.493 e. The van der Waals surface area contributed by atoms with Crippen molar-refractivity contribution < 1.29 is 14.3 Å². The molecule has 0 atom stereocenters. The van der Waals surface area contributed by atoms with Crippen molar-refractivity contribution in [2.45, 2.75) is 32.1 Å². The van der Waals surface area contributed by atoms with Gasteiger partial charge in [0, 0.05) is 17.0 Å². The molecule has 1 fully saturated rings. The first-order chi connectivity index (χ1) is 14.7. The lowest BCUT2D eigenvalue weighted by Crippen LogP contribution is -2.18. The van der Waals surface area contributed by atoms with Crippen molar-refractivity contribution in [2.75, 3.05) is 13.7 Å². The maximum atomic E-state index is 12.8. The third-order valence-electron chi connectivity index (χ3n) is 5.01. The van der Waals surface area contributed by atoms with E-state index in [1.54, 1.807) is 13.3 Å². The lowest BCUT2D eigenvalue weighted by molar-refractivity contribution is 0.0956. The maximum absolute atomic E-state index is 12.8. The Bertz CT molecular complexity index is 1090. The first kappa shape index (κ1) is 19.9. The van der Waals surface area contributed by atoms with E-state index in [1.165, 1.54) is 0 Å². The Morgan fingerprint density at radius 3 is 2.80 bits per heavy atom. The van der Waals surface area contributed by atoms with Crippen molar-refractivity contribution in [3.8, 4) is 11.5 Å². The van der Waals surface area contributed by atoms with Crippen molar-refractivity contribution in [2.24, 2.45) is 5.10 Å². The molecule has 1 aliphatic rings. The third kappa shape index (κ3) is 4.43. The Morgan fingerprint density at radius 1 is 1.20 bits per heavy atom. The van der Waals surface area contributed by atoms with Crippen LogP contribution >= 0.6 is 0 Å². The molecule has 30 heavy (non-hydrogen) atoms. The van der Waals surface area contributed by atoms with Crippen molar-refractivity contribution in [1.29, 1.82) is 0 Å². The molecule has 0 saturated heterocycles. The first-order valence-electron chi connectivity index (χ1n) is 10.2. The Kier molecular flexibility index (Phi) is 5.93. The molecule has 1 aromatic heterocycles. The predicted octanol–water partition coefficient (Wildman–Crippen LogP) is 4.67. The number of aromatic nitrogens is 1. The van der Waals surface area contributed by atoms with Crippen LogP contribution < -0.4 is 14.9 Å². The average Bonchev–Trinajstić information content (AvgIpc) is 3.62. The van der Waals surface area contributed by atoms with Gasteiger partial charge in [-0.1, -0.05) is 25.1 Å². The molecule has 6 nitrogen and oxygen atoms in total. The van der Waals surface area contributed by atoms with E-state index in [1.807, 2.05) is 48.5 Å². The largest absolute Gasteiger partial charge is 0.493 e. The number of pyridine rings is 1. The molecular weight excluding hydrogens is 378 g/mol. The number of carbonyl (C=O) groups is 1. The summed E-state index contributed by atoms with van der Waals surface area (Å²) >= 11 is 0. The molecule has 1 aliphatic carbocycles. The van der Waals surface area contributed by atoms with Gasteiger partial charge in [0.15, 0.2) is 11.5 Å². The van der Waals surface area contributed by atoms with E-state index in [-0.39, 0.29) is 5.91 Å². The van der Waals surface area contributed by atoms with Crippen LogP contribution in [0.5, 0.6) is 11.5 Å². The summed E-state index contributed by atoms with van der Waals surface area (Å²) in [7, 11) is 1.60. The average molecular weight is 403 g/mol. The molecule has 0 bridgehead atoms. The summed E-state index contributed by atoms with van der Waals surface area (Å²) in [5.41, 5.74) is 5.86. The number of para-hydroxylation sites is 1. The van der Waals surface area contributed by atoms with Gasteiger partial charge in [-0.3, -0.25) is 9.78 Å². The second-order valence-electron chi connectivity index (χ2n) is 7.34. The minimum atomic E-state index is -0.249. The number of nitrogens with one attached hydrogen (secondary N) is 1. The lowest BCUT2D eigenvalue weighted by Gasteiger charge is -2.10. The molecule has 1 heterocycles. The molecule has 0 spiro atoms. The summed E-state index contributed by atoms with van der Waals surface area (Å²) in [6, 6.07) is 15.1. The Labute approximate surface area is 175 Å². The minimum absolute atomic E-state index is 0.249. The normalized spacial score (nSPS) is 13.5. The fourth-order valence-corrected chi connectivity index (χ4v) is 3.29. The zero-order valence-electron chi connectivity index (χ0n) is 17.2. The molecule has 1 N–H and O–H groups in total. The predicted molar refractivity (Wildman–Crippen MR) is 118 cm³/mol. The zero-order valence-corrected chi connectivity index (χ0v) is 17.2. The number of rotatable bonds is 8. The summed E-state index contributed by atoms with van der Waals surface area (Å²) in [4.78, 5) is 17.6. The van der Waals surface area contributed by atoms with Crippen LogP contribution in [0.1, 0.15) is 53.7 Å². The number of amides is 1. The van der Waals surface area contributed by atoms with Crippen LogP contribution in [0.2, 0.25) is 0 Å². The van der Waals surface area contributed by atoms with Gasteiger partial charge < -0.3 is 9.47 Å². The van der Waals surface area contributed by atoms with Crippen LogP contribution in [0.25, 0.3) is 10.9 Å². The molecule has 0 aliphatic heterocycles. The molecule has 1 saturated carbocycles. The zero-order chi connectivity index (χ0) is 20.9. The highest BCUT2D eigenvalue weighted by molar-refractivity contribution is 6.06. The Hall–Kier alpha value is -3.41. The lowest BCUT2D eigenvalue weighted by atomic mass is 10.1. The fourth-order valence-electron chi connectivity index (χ4n) is 3.29. The Balaban J connectivity index is 1.51. The summed E-state index contributed by atoms with van der Waals surface area (Å²) in [5.74, 6) is 1.54. The van der Waals surface area contributed by atoms with E-state index in [0.29, 0.717) is 29.6 Å². The van der Waals surface area contributed by atoms with Gasteiger partial charge in [0.1, 0.15) is 0 Å². The Morgan fingerprint density at radius 2 is 2.03 bits per heavy atom. The highest BCUT2D eigenvalue weighted by Crippen LogP contribution is 2.40. The van der Waals surface area contributed by atoms with Crippen LogP contribution in [-0.4, -0.2) is 30.8 Å². The number of hydrogen-bond donors (Lipinski definition) is 1.